The summed E-state index contributed by atoms with van der Waals surface area (Å²) in [4.78, 5) is 10.4. The van der Waals surface area contributed by atoms with Crippen LogP contribution in [0.4, 0.5) is 4.79 Å². The van der Waals surface area contributed by atoms with Crippen LogP contribution in [-0.2, 0) is 9.47 Å². The van der Waals surface area contributed by atoms with Gasteiger partial charge in [-0.05, 0) is 13.8 Å². The first-order valence-electron chi connectivity index (χ1n) is 3.10. The van der Waals surface area contributed by atoms with E-state index in [2.05, 4.69) is 10.1 Å². The van der Waals surface area contributed by atoms with Crippen molar-refractivity contribution in [3.05, 3.63) is 0 Å². The average Bonchev–Trinajstić information content (AvgIpc) is 1.87. The van der Waals surface area contributed by atoms with E-state index in [1.807, 2.05) is 13.8 Å². The quantitative estimate of drug-likeness (QED) is 0.598. The fraction of sp³-hybridized carbons (Fsp3) is 0.833. The number of carbonyl (C=O) groups excluding carboxylic acids is 1. The molecule has 0 aromatic heterocycles. The highest BCUT2D eigenvalue weighted by atomic mass is 16.6. The molecule has 0 fully saturated rings. The number of alkyl carbamates (subject to hydrolysis) is 1. The van der Waals surface area contributed by atoms with E-state index in [4.69, 9.17) is 4.74 Å². The number of hydrogen-bond donors (Lipinski definition) is 1. The first-order valence-corrected chi connectivity index (χ1v) is 3.10. The maximum absolute atomic E-state index is 10.4. The lowest BCUT2D eigenvalue weighted by Gasteiger charge is -2.07. The lowest BCUT2D eigenvalue weighted by Crippen LogP contribution is -2.27. The highest BCUT2D eigenvalue weighted by Crippen LogP contribution is 1.83. The Hall–Kier alpha value is -0.770. The van der Waals surface area contributed by atoms with Gasteiger partial charge < -0.3 is 9.47 Å². The van der Waals surface area contributed by atoms with E-state index in [0.717, 1.165) is 0 Å². The van der Waals surface area contributed by atoms with Gasteiger partial charge in [-0.25, -0.2) is 4.79 Å². The van der Waals surface area contributed by atoms with Crippen molar-refractivity contribution in [1.29, 1.82) is 0 Å². The van der Waals surface area contributed by atoms with Crippen molar-refractivity contribution < 1.29 is 14.3 Å². The lowest BCUT2D eigenvalue weighted by atomic mass is 10.5. The van der Waals surface area contributed by atoms with Gasteiger partial charge in [-0.1, -0.05) is 0 Å². The van der Waals surface area contributed by atoms with Crippen LogP contribution in [-0.4, -0.2) is 26.0 Å². The predicted molar refractivity (Wildman–Crippen MR) is 36.6 cm³/mol. The molecule has 0 saturated heterocycles. The molecular weight excluding hydrogens is 134 g/mol. The Labute approximate surface area is 60.5 Å². The summed E-state index contributed by atoms with van der Waals surface area (Å²) in [5.41, 5.74) is 0. The molecule has 4 heteroatoms. The summed E-state index contributed by atoms with van der Waals surface area (Å²) in [5, 5.41) is 2.38. The molecule has 0 aliphatic heterocycles. The van der Waals surface area contributed by atoms with Crippen LogP contribution in [0.15, 0.2) is 0 Å². The molecule has 0 atom stereocenters. The van der Waals surface area contributed by atoms with Crippen molar-refractivity contribution in [3.63, 3.8) is 0 Å². The van der Waals surface area contributed by atoms with Gasteiger partial charge in [-0.2, -0.15) is 0 Å². The summed E-state index contributed by atoms with van der Waals surface area (Å²) in [5.74, 6) is 0. The minimum Gasteiger partial charge on any atom is -0.453 e. The second-order valence-electron chi connectivity index (χ2n) is 2.03. The van der Waals surface area contributed by atoms with Crippen LogP contribution < -0.4 is 5.32 Å². The molecule has 0 bridgehead atoms. The van der Waals surface area contributed by atoms with Gasteiger partial charge >= 0.3 is 6.09 Å². The van der Waals surface area contributed by atoms with E-state index in [1.165, 1.54) is 7.11 Å². The highest BCUT2D eigenvalue weighted by molar-refractivity contribution is 5.66. The predicted octanol–water partition coefficient (Wildman–Crippen LogP) is 0.725. The van der Waals surface area contributed by atoms with Crippen molar-refractivity contribution in [3.8, 4) is 0 Å². The van der Waals surface area contributed by atoms with Crippen molar-refractivity contribution in [1.82, 2.24) is 5.32 Å². The second kappa shape index (κ2) is 5.05. The Balaban J connectivity index is 3.12. The third kappa shape index (κ3) is 5.37. The Morgan fingerprint density at radius 3 is 2.60 bits per heavy atom. The molecule has 0 aromatic rings. The van der Waals surface area contributed by atoms with Crippen LogP contribution in [0, 0.1) is 0 Å². The molecule has 0 aromatic carbocycles. The number of methoxy groups -OCH3 is 1. The highest BCUT2D eigenvalue weighted by Gasteiger charge is 1.96. The van der Waals surface area contributed by atoms with Gasteiger partial charge in [0.15, 0.2) is 0 Å². The molecule has 0 aliphatic carbocycles. The van der Waals surface area contributed by atoms with Gasteiger partial charge in [0.05, 0.1) is 13.2 Å². The maximum Gasteiger partial charge on any atom is 0.408 e. The molecule has 0 unspecified atom stereocenters. The molecule has 0 rings (SSSR count). The summed E-state index contributed by atoms with van der Waals surface area (Å²) >= 11 is 0. The Bertz CT molecular complexity index is 103. The summed E-state index contributed by atoms with van der Waals surface area (Å²) in [6.45, 7) is 3.97. The molecule has 10 heavy (non-hydrogen) atoms. The normalized spacial score (nSPS) is 9.60. The van der Waals surface area contributed by atoms with Crippen molar-refractivity contribution in [2.24, 2.45) is 0 Å². The van der Waals surface area contributed by atoms with E-state index in [0.29, 0.717) is 0 Å². The van der Waals surface area contributed by atoms with E-state index in [9.17, 15) is 4.79 Å². The zero-order valence-electron chi connectivity index (χ0n) is 6.51. The van der Waals surface area contributed by atoms with Crippen LogP contribution in [0.2, 0.25) is 0 Å². The standard InChI is InChI=1S/C6H13NO3/c1-5(2)10-4-7-6(8)9-3/h5H,4H2,1-3H3,(H,7,8). The first-order chi connectivity index (χ1) is 4.66. The Morgan fingerprint density at radius 2 is 2.20 bits per heavy atom. The molecule has 0 saturated carbocycles. The van der Waals surface area contributed by atoms with Crippen molar-refractivity contribution in [2.75, 3.05) is 13.8 Å². The van der Waals surface area contributed by atoms with E-state index in [-0.39, 0.29) is 12.8 Å². The van der Waals surface area contributed by atoms with E-state index < -0.39 is 6.09 Å². The summed E-state index contributed by atoms with van der Waals surface area (Å²) in [7, 11) is 1.31. The molecule has 1 N–H and O–H groups in total. The molecule has 0 heterocycles. The number of rotatable bonds is 3. The molecule has 0 aliphatic rings. The Kier molecular flexibility index (Phi) is 4.66. The molecule has 0 radical (unpaired) electrons. The summed E-state index contributed by atoms with van der Waals surface area (Å²) in [6.07, 6.45) is -0.349. The van der Waals surface area contributed by atoms with Gasteiger partial charge in [0, 0.05) is 0 Å². The van der Waals surface area contributed by atoms with Crippen LogP contribution in [0.1, 0.15) is 13.8 Å². The van der Waals surface area contributed by atoms with Gasteiger partial charge in [0.1, 0.15) is 6.73 Å². The molecule has 4 nitrogen and oxygen atoms in total. The zero-order valence-corrected chi connectivity index (χ0v) is 6.51. The number of hydrogen-bond acceptors (Lipinski definition) is 3. The van der Waals surface area contributed by atoms with Gasteiger partial charge in [-0.3, -0.25) is 5.32 Å². The third-order valence-corrected chi connectivity index (χ3v) is 0.819. The topological polar surface area (TPSA) is 47.6 Å². The van der Waals surface area contributed by atoms with Crippen LogP contribution >= 0.6 is 0 Å². The van der Waals surface area contributed by atoms with Gasteiger partial charge in [-0.15, -0.1) is 0 Å². The fourth-order valence-electron chi connectivity index (χ4n) is 0.339. The largest absolute Gasteiger partial charge is 0.453 e. The SMILES string of the molecule is COC(=O)NCOC(C)C. The average molecular weight is 147 g/mol. The molecule has 60 valence electrons. The summed E-state index contributed by atoms with van der Waals surface area (Å²) < 4.78 is 9.30. The fourth-order valence-corrected chi connectivity index (χ4v) is 0.339. The second-order valence-corrected chi connectivity index (χ2v) is 2.03. The van der Waals surface area contributed by atoms with Gasteiger partial charge in [0.2, 0.25) is 0 Å². The van der Waals surface area contributed by atoms with E-state index in [1.54, 1.807) is 0 Å². The van der Waals surface area contributed by atoms with Crippen molar-refractivity contribution in [2.45, 2.75) is 20.0 Å². The minimum absolute atomic E-state index is 0.122. The van der Waals surface area contributed by atoms with Crippen LogP contribution in [0.3, 0.4) is 0 Å². The van der Waals surface area contributed by atoms with Crippen molar-refractivity contribution >= 4 is 6.09 Å². The number of ether oxygens (including phenoxy) is 2. The Morgan fingerprint density at radius 1 is 1.60 bits per heavy atom. The number of amides is 1. The minimum atomic E-state index is -0.472. The lowest BCUT2D eigenvalue weighted by molar-refractivity contribution is 0.0614. The first kappa shape index (κ1) is 9.23. The molecular formula is C6H13NO3. The van der Waals surface area contributed by atoms with Crippen LogP contribution in [0.25, 0.3) is 0 Å². The molecule has 0 spiro atoms. The molecule has 1 amide bonds. The monoisotopic (exact) mass is 147 g/mol. The maximum atomic E-state index is 10.4. The van der Waals surface area contributed by atoms with Gasteiger partial charge in [0.25, 0.3) is 0 Å². The number of carbonyl (C=O) groups is 1. The number of nitrogens with one attached hydrogen (secondary N) is 1. The zero-order chi connectivity index (χ0) is 7.98. The van der Waals surface area contributed by atoms with Crippen LogP contribution in [0.5, 0.6) is 0 Å². The van der Waals surface area contributed by atoms with E-state index >= 15 is 0 Å². The third-order valence-electron chi connectivity index (χ3n) is 0.819. The smallest absolute Gasteiger partial charge is 0.408 e. The summed E-state index contributed by atoms with van der Waals surface area (Å²) in [6, 6.07) is 0.